The van der Waals surface area contributed by atoms with Gasteiger partial charge in [0.1, 0.15) is 11.5 Å². The first-order chi connectivity index (χ1) is 7.66. The number of ketones is 1. The maximum atomic E-state index is 11.8. The van der Waals surface area contributed by atoms with Crippen LogP contribution in [0.25, 0.3) is 6.08 Å². The van der Waals surface area contributed by atoms with Gasteiger partial charge >= 0.3 is 0 Å². The van der Waals surface area contributed by atoms with E-state index in [1.165, 1.54) is 6.08 Å². The number of carbonyl (C=O) groups is 1. The second-order valence-corrected chi connectivity index (χ2v) is 3.58. The highest BCUT2D eigenvalue weighted by Crippen LogP contribution is 2.15. The summed E-state index contributed by atoms with van der Waals surface area (Å²) in [5.41, 5.74) is 1.48. The molecule has 2 aromatic heterocycles. The van der Waals surface area contributed by atoms with E-state index in [0.29, 0.717) is 11.3 Å². The van der Waals surface area contributed by atoms with Crippen LogP contribution in [-0.2, 0) is 0 Å². The smallest absolute Gasteiger partial charge is 0.189 e. The van der Waals surface area contributed by atoms with Crippen LogP contribution in [-0.4, -0.2) is 5.78 Å². The van der Waals surface area contributed by atoms with Crippen molar-refractivity contribution in [2.24, 2.45) is 0 Å². The van der Waals surface area contributed by atoms with Crippen LogP contribution >= 0.6 is 0 Å². The zero-order chi connectivity index (χ0) is 11.5. The Hall–Kier alpha value is -2.03. The molecule has 0 radical (unpaired) electrons. The van der Waals surface area contributed by atoms with E-state index >= 15 is 0 Å². The van der Waals surface area contributed by atoms with E-state index in [2.05, 4.69) is 0 Å². The van der Waals surface area contributed by atoms with Crippen molar-refractivity contribution in [1.82, 2.24) is 0 Å². The summed E-state index contributed by atoms with van der Waals surface area (Å²) in [5, 5.41) is 0. The zero-order valence-corrected chi connectivity index (χ0v) is 9.19. The van der Waals surface area contributed by atoms with Gasteiger partial charge in [-0.05, 0) is 38.1 Å². The first-order valence-corrected chi connectivity index (χ1v) is 4.98. The van der Waals surface area contributed by atoms with E-state index in [1.54, 1.807) is 37.7 Å². The van der Waals surface area contributed by atoms with Crippen LogP contribution in [0.4, 0.5) is 0 Å². The van der Waals surface area contributed by atoms with Crippen LogP contribution in [0.1, 0.15) is 27.4 Å². The molecule has 0 N–H and O–H groups in total. The van der Waals surface area contributed by atoms with Gasteiger partial charge in [-0.1, -0.05) is 0 Å². The minimum absolute atomic E-state index is 0.0597. The molecule has 0 fully saturated rings. The highest BCUT2D eigenvalue weighted by atomic mass is 16.3. The first kappa shape index (κ1) is 10.5. The predicted molar refractivity (Wildman–Crippen MR) is 60.3 cm³/mol. The number of rotatable bonds is 3. The molecule has 16 heavy (non-hydrogen) atoms. The summed E-state index contributed by atoms with van der Waals surface area (Å²) in [6, 6.07) is 3.54. The molecule has 2 aromatic rings. The third kappa shape index (κ3) is 2.14. The van der Waals surface area contributed by atoms with Crippen molar-refractivity contribution >= 4 is 11.9 Å². The predicted octanol–water partition coefficient (Wildman–Crippen LogP) is 3.39. The average Bonchev–Trinajstić information content (AvgIpc) is 2.84. The molecule has 82 valence electrons. The van der Waals surface area contributed by atoms with Gasteiger partial charge in [0.2, 0.25) is 0 Å². The molecule has 0 bridgehead atoms. The van der Waals surface area contributed by atoms with Gasteiger partial charge in [-0.2, -0.15) is 0 Å². The fourth-order valence-electron chi connectivity index (χ4n) is 1.51. The Kier molecular flexibility index (Phi) is 2.77. The lowest BCUT2D eigenvalue weighted by molar-refractivity contribution is 0.104. The van der Waals surface area contributed by atoms with E-state index in [-0.39, 0.29) is 5.78 Å². The maximum Gasteiger partial charge on any atom is 0.189 e. The maximum absolute atomic E-state index is 11.8. The Labute approximate surface area is 93.4 Å². The normalized spacial score (nSPS) is 11.1. The van der Waals surface area contributed by atoms with Crippen LogP contribution < -0.4 is 0 Å². The minimum atomic E-state index is -0.0597. The molecule has 0 aliphatic heterocycles. The van der Waals surface area contributed by atoms with Crippen molar-refractivity contribution < 1.29 is 13.6 Å². The summed E-state index contributed by atoms with van der Waals surface area (Å²) in [4.78, 5) is 11.8. The quantitative estimate of drug-likeness (QED) is 0.583. The fraction of sp³-hybridized carbons (Fsp3) is 0.154. The number of aryl methyl sites for hydroxylation is 2. The SMILES string of the molecule is Cc1cc(C(=O)C=Cc2ccoc2)c(C)o1. The minimum Gasteiger partial charge on any atom is -0.472 e. The van der Waals surface area contributed by atoms with Crippen molar-refractivity contribution in [1.29, 1.82) is 0 Å². The molecule has 0 saturated carbocycles. The molecule has 0 aliphatic rings. The van der Waals surface area contributed by atoms with Crippen molar-refractivity contribution in [3.8, 4) is 0 Å². The molecule has 0 saturated heterocycles. The number of carbonyl (C=O) groups excluding carboxylic acids is 1. The lowest BCUT2D eigenvalue weighted by Crippen LogP contribution is -1.93. The standard InChI is InChI=1S/C13H12O3/c1-9-7-12(10(2)16-9)13(14)4-3-11-5-6-15-8-11/h3-8H,1-2H3. The molecular formula is C13H12O3. The van der Waals surface area contributed by atoms with Crippen LogP contribution in [0.5, 0.6) is 0 Å². The van der Waals surface area contributed by atoms with Gasteiger partial charge in [0.05, 0.1) is 18.1 Å². The van der Waals surface area contributed by atoms with E-state index in [9.17, 15) is 4.79 Å². The summed E-state index contributed by atoms with van der Waals surface area (Å²) in [6.45, 7) is 3.61. The van der Waals surface area contributed by atoms with Crippen LogP contribution in [0.3, 0.4) is 0 Å². The van der Waals surface area contributed by atoms with Crippen molar-refractivity contribution in [3.63, 3.8) is 0 Å². The Balaban J connectivity index is 2.17. The molecule has 3 heteroatoms. The Morgan fingerprint density at radius 2 is 2.19 bits per heavy atom. The van der Waals surface area contributed by atoms with Crippen molar-refractivity contribution in [3.05, 3.63) is 53.4 Å². The monoisotopic (exact) mass is 216 g/mol. The molecule has 2 heterocycles. The van der Waals surface area contributed by atoms with E-state index in [0.717, 1.165) is 11.3 Å². The van der Waals surface area contributed by atoms with Gasteiger partial charge in [-0.15, -0.1) is 0 Å². The van der Waals surface area contributed by atoms with Crippen LogP contribution in [0, 0.1) is 13.8 Å². The number of furan rings is 2. The van der Waals surface area contributed by atoms with Crippen molar-refractivity contribution in [2.45, 2.75) is 13.8 Å². The van der Waals surface area contributed by atoms with E-state index in [1.807, 2.05) is 6.92 Å². The summed E-state index contributed by atoms with van der Waals surface area (Å²) in [6.07, 6.45) is 6.38. The van der Waals surface area contributed by atoms with Crippen LogP contribution in [0.15, 0.2) is 39.6 Å². The largest absolute Gasteiger partial charge is 0.472 e. The summed E-state index contributed by atoms with van der Waals surface area (Å²) in [5.74, 6) is 1.34. The van der Waals surface area contributed by atoms with Crippen molar-refractivity contribution in [2.75, 3.05) is 0 Å². The number of hydrogen-bond acceptors (Lipinski definition) is 3. The molecule has 2 rings (SSSR count). The lowest BCUT2D eigenvalue weighted by atomic mass is 10.1. The summed E-state index contributed by atoms with van der Waals surface area (Å²) < 4.78 is 10.2. The Morgan fingerprint density at radius 3 is 2.75 bits per heavy atom. The van der Waals surface area contributed by atoms with Gasteiger partial charge in [0.15, 0.2) is 5.78 Å². The highest BCUT2D eigenvalue weighted by molar-refractivity contribution is 6.07. The molecular weight excluding hydrogens is 204 g/mol. The highest BCUT2D eigenvalue weighted by Gasteiger charge is 2.10. The Morgan fingerprint density at radius 1 is 1.38 bits per heavy atom. The Bertz CT molecular complexity index is 515. The van der Waals surface area contributed by atoms with Gasteiger partial charge in [-0.25, -0.2) is 0 Å². The van der Waals surface area contributed by atoms with E-state index in [4.69, 9.17) is 8.83 Å². The number of hydrogen-bond donors (Lipinski definition) is 0. The van der Waals surface area contributed by atoms with Gasteiger partial charge < -0.3 is 8.83 Å². The van der Waals surface area contributed by atoms with Gasteiger partial charge in [0, 0.05) is 5.56 Å². The molecule has 0 unspecified atom stereocenters. The average molecular weight is 216 g/mol. The van der Waals surface area contributed by atoms with E-state index < -0.39 is 0 Å². The number of allylic oxidation sites excluding steroid dienone is 1. The summed E-state index contributed by atoms with van der Waals surface area (Å²) >= 11 is 0. The van der Waals surface area contributed by atoms with Gasteiger partial charge in [0.25, 0.3) is 0 Å². The molecule has 0 aromatic carbocycles. The third-order valence-electron chi connectivity index (χ3n) is 2.28. The summed E-state index contributed by atoms with van der Waals surface area (Å²) in [7, 11) is 0. The second-order valence-electron chi connectivity index (χ2n) is 3.58. The fourth-order valence-corrected chi connectivity index (χ4v) is 1.51. The molecule has 0 amide bonds. The molecule has 0 aliphatic carbocycles. The lowest BCUT2D eigenvalue weighted by Gasteiger charge is -1.90. The second kappa shape index (κ2) is 4.23. The molecule has 3 nitrogen and oxygen atoms in total. The topological polar surface area (TPSA) is 43.4 Å². The molecule has 0 spiro atoms. The molecule has 0 atom stereocenters. The first-order valence-electron chi connectivity index (χ1n) is 4.98. The van der Waals surface area contributed by atoms with Gasteiger partial charge in [-0.3, -0.25) is 4.79 Å². The third-order valence-corrected chi connectivity index (χ3v) is 2.28. The zero-order valence-electron chi connectivity index (χ0n) is 9.19. The van der Waals surface area contributed by atoms with Crippen LogP contribution in [0.2, 0.25) is 0 Å².